The fourth-order valence-corrected chi connectivity index (χ4v) is 2.18. The Morgan fingerprint density at radius 3 is 2.79 bits per heavy atom. The smallest absolute Gasteiger partial charge is 0.135 e. The molecule has 4 heteroatoms. The third-order valence-corrected chi connectivity index (χ3v) is 2.95. The lowest BCUT2D eigenvalue weighted by Gasteiger charge is -2.01. The molecule has 0 fully saturated rings. The van der Waals surface area contributed by atoms with Crippen LogP contribution in [0.5, 0.6) is 0 Å². The molecule has 0 saturated heterocycles. The summed E-state index contributed by atoms with van der Waals surface area (Å²) < 4.78 is 14.6. The second kappa shape index (κ2) is 4.73. The summed E-state index contributed by atoms with van der Waals surface area (Å²) in [5.41, 5.74) is 6.10. The van der Waals surface area contributed by atoms with Crippen LogP contribution in [-0.4, -0.2) is 6.54 Å². The van der Waals surface area contributed by atoms with Gasteiger partial charge in [0.2, 0.25) is 0 Å². The SMILES string of the molecule is Cl.NCCc1ccc2sccc2c1F. The Hall–Kier alpha value is -0.640. The summed E-state index contributed by atoms with van der Waals surface area (Å²) in [5, 5.41) is 2.62. The molecular formula is C10H11ClFNS. The zero-order valence-corrected chi connectivity index (χ0v) is 9.13. The second-order valence-electron chi connectivity index (χ2n) is 2.91. The van der Waals surface area contributed by atoms with Gasteiger partial charge in [-0.2, -0.15) is 0 Å². The molecule has 14 heavy (non-hydrogen) atoms. The zero-order valence-electron chi connectivity index (χ0n) is 7.50. The van der Waals surface area contributed by atoms with Crippen LogP contribution in [0.1, 0.15) is 5.56 Å². The Bertz CT molecular complexity index is 427. The molecule has 0 unspecified atom stereocenters. The van der Waals surface area contributed by atoms with Crippen molar-refractivity contribution in [1.82, 2.24) is 0 Å². The van der Waals surface area contributed by atoms with Crippen molar-refractivity contribution in [3.63, 3.8) is 0 Å². The standard InChI is InChI=1S/C10H10FNS.ClH/c11-10-7(3-5-12)1-2-9-8(10)4-6-13-9;/h1-2,4,6H,3,5,12H2;1H. The minimum atomic E-state index is -0.107. The molecule has 1 nitrogen and oxygen atoms in total. The second-order valence-corrected chi connectivity index (χ2v) is 3.86. The van der Waals surface area contributed by atoms with Crippen LogP contribution in [0, 0.1) is 5.82 Å². The molecule has 0 aliphatic rings. The van der Waals surface area contributed by atoms with Gasteiger partial charge in [-0.15, -0.1) is 23.7 Å². The van der Waals surface area contributed by atoms with Gasteiger partial charge in [0, 0.05) is 10.1 Å². The average molecular weight is 232 g/mol. The van der Waals surface area contributed by atoms with Crippen molar-refractivity contribution >= 4 is 33.8 Å². The van der Waals surface area contributed by atoms with E-state index in [0.29, 0.717) is 18.5 Å². The van der Waals surface area contributed by atoms with Gasteiger partial charge < -0.3 is 5.73 Å². The first-order chi connectivity index (χ1) is 6.33. The molecule has 1 aromatic heterocycles. The number of benzene rings is 1. The minimum absolute atomic E-state index is 0. The molecule has 0 saturated carbocycles. The Morgan fingerprint density at radius 1 is 1.29 bits per heavy atom. The Labute approximate surface area is 92.1 Å². The van der Waals surface area contributed by atoms with E-state index in [1.807, 2.05) is 23.6 Å². The summed E-state index contributed by atoms with van der Waals surface area (Å²) in [6.45, 7) is 0.493. The number of nitrogens with two attached hydrogens (primary N) is 1. The van der Waals surface area contributed by atoms with Crippen molar-refractivity contribution in [2.75, 3.05) is 6.54 Å². The van der Waals surface area contributed by atoms with Crippen molar-refractivity contribution in [3.8, 4) is 0 Å². The molecule has 0 aliphatic heterocycles. The van der Waals surface area contributed by atoms with Crippen LogP contribution >= 0.6 is 23.7 Å². The predicted molar refractivity (Wildman–Crippen MR) is 61.8 cm³/mol. The zero-order chi connectivity index (χ0) is 9.26. The van der Waals surface area contributed by atoms with Crippen molar-refractivity contribution < 1.29 is 4.39 Å². The van der Waals surface area contributed by atoms with Crippen molar-refractivity contribution in [2.24, 2.45) is 5.73 Å². The van der Waals surface area contributed by atoms with Gasteiger partial charge >= 0.3 is 0 Å². The topological polar surface area (TPSA) is 26.0 Å². The summed E-state index contributed by atoms with van der Waals surface area (Å²) in [6.07, 6.45) is 0.609. The third kappa shape index (κ3) is 1.90. The predicted octanol–water partition coefficient (Wildman–Crippen LogP) is 2.96. The maximum Gasteiger partial charge on any atom is 0.135 e. The van der Waals surface area contributed by atoms with E-state index in [0.717, 1.165) is 10.1 Å². The summed E-state index contributed by atoms with van der Waals surface area (Å²) >= 11 is 1.56. The van der Waals surface area contributed by atoms with Crippen molar-refractivity contribution in [3.05, 3.63) is 35.0 Å². The van der Waals surface area contributed by atoms with Crippen molar-refractivity contribution in [1.29, 1.82) is 0 Å². The summed E-state index contributed by atoms with van der Waals surface area (Å²) in [6, 6.07) is 5.59. The number of fused-ring (bicyclic) bond motifs is 1. The molecule has 2 N–H and O–H groups in total. The number of hydrogen-bond acceptors (Lipinski definition) is 2. The maximum absolute atomic E-state index is 13.6. The van der Waals surface area contributed by atoms with Crippen LogP contribution in [0.15, 0.2) is 23.6 Å². The van der Waals surface area contributed by atoms with Crippen LogP contribution < -0.4 is 5.73 Å². The molecule has 2 rings (SSSR count). The first-order valence-electron chi connectivity index (χ1n) is 4.17. The van der Waals surface area contributed by atoms with Gasteiger partial charge in [-0.1, -0.05) is 6.07 Å². The van der Waals surface area contributed by atoms with Gasteiger partial charge in [-0.05, 0) is 36.0 Å². The number of hydrogen-bond donors (Lipinski definition) is 1. The lowest BCUT2D eigenvalue weighted by Crippen LogP contribution is -2.04. The first-order valence-corrected chi connectivity index (χ1v) is 5.05. The highest BCUT2D eigenvalue weighted by molar-refractivity contribution is 7.17. The van der Waals surface area contributed by atoms with E-state index < -0.39 is 0 Å². The molecule has 0 aliphatic carbocycles. The summed E-state index contributed by atoms with van der Waals surface area (Å²) in [5.74, 6) is -0.107. The molecule has 1 heterocycles. The quantitative estimate of drug-likeness (QED) is 0.845. The monoisotopic (exact) mass is 231 g/mol. The first kappa shape index (κ1) is 11.4. The van der Waals surface area contributed by atoms with Crippen molar-refractivity contribution in [2.45, 2.75) is 6.42 Å². The summed E-state index contributed by atoms with van der Waals surface area (Å²) in [7, 11) is 0. The molecule has 0 bridgehead atoms. The van der Waals surface area contributed by atoms with Gasteiger partial charge in [0.1, 0.15) is 5.82 Å². The van der Waals surface area contributed by atoms with Gasteiger partial charge in [0.05, 0.1) is 0 Å². The molecule has 0 atom stereocenters. The van der Waals surface area contributed by atoms with Gasteiger partial charge in [-0.25, -0.2) is 4.39 Å². The summed E-state index contributed by atoms with van der Waals surface area (Å²) in [4.78, 5) is 0. The minimum Gasteiger partial charge on any atom is -0.330 e. The Balaban J connectivity index is 0.000000980. The largest absolute Gasteiger partial charge is 0.330 e. The molecule has 76 valence electrons. The normalized spacial score (nSPS) is 10.1. The van der Waals surface area contributed by atoms with Crippen LogP contribution in [0.3, 0.4) is 0 Å². The lowest BCUT2D eigenvalue weighted by molar-refractivity contribution is 0.622. The van der Waals surface area contributed by atoms with Crippen LogP contribution in [0.25, 0.3) is 10.1 Å². The highest BCUT2D eigenvalue weighted by Crippen LogP contribution is 2.25. The number of thiophene rings is 1. The van der Waals surface area contributed by atoms with Crippen LogP contribution in [0.2, 0.25) is 0 Å². The van der Waals surface area contributed by atoms with Gasteiger partial charge in [0.25, 0.3) is 0 Å². The van der Waals surface area contributed by atoms with E-state index in [1.165, 1.54) is 0 Å². The molecular weight excluding hydrogens is 221 g/mol. The van der Waals surface area contributed by atoms with Crippen LogP contribution in [-0.2, 0) is 6.42 Å². The number of halogens is 2. The molecule has 0 amide bonds. The fraction of sp³-hybridized carbons (Fsp3) is 0.200. The Kier molecular flexibility index (Phi) is 3.86. The van der Waals surface area contributed by atoms with E-state index in [4.69, 9.17) is 5.73 Å². The van der Waals surface area contributed by atoms with E-state index >= 15 is 0 Å². The fourth-order valence-electron chi connectivity index (χ4n) is 1.40. The van der Waals surface area contributed by atoms with E-state index in [-0.39, 0.29) is 18.2 Å². The highest BCUT2D eigenvalue weighted by Gasteiger charge is 2.06. The molecule has 2 aromatic rings. The van der Waals surface area contributed by atoms with E-state index in [1.54, 1.807) is 11.3 Å². The van der Waals surface area contributed by atoms with E-state index in [9.17, 15) is 4.39 Å². The van der Waals surface area contributed by atoms with Crippen LogP contribution in [0.4, 0.5) is 4.39 Å². The highest BCUT2D eigenvalue weighted by atomic mass is 35.5. The maximum atomic E-state index is 13.6. The molecule has 0 spiro atoms. The Morgan fingerprint density at radius 2 is 2.07 bits per heavy atom. The third-order valence-electron chi connectivity index (χ3n) is 2.06. The number of rotatable bonds is 2. The molecule has 0 radical (unpaired) electrons. The lowest BCUT2D eigenvalue weighted by atomic mass is 10.1. The van der Waals surface area contributed by atoms with Gasteiger partial charge in [0.15, 0.2) is 0 Å². The molecule has 1 aromatic carbocycles. The average Bonchev–Trinajstić information content (AvgIpc) is 2.58. The van der Waals surface area contributed by atoms with E-state index in [2.05, 4.69) is 0 Å². The van der Waals surface area contributed by atoms with Gasteiger partial charge in [-0.3, -0.25) is 0 Å².